The number of aliphatic imine (C=N–C) groups is 1. The zero-order valence-corrected chi connectivity index (χ0v) is 21.0. The number of nitrogens with zero attached hydrogens (tertiary/aromatic N) is 4. The van der Waals surface area contributed by atoms with Crippen molar-refractivity contribution in [3.05, 3.63) is 63.9 Å². The largest absolute Gasteiger partial charge is 0.357 e. The lowest BCUT2D eigenvalue weighted by Gasteiger charge is -2.10. The van der Waals surface area contributed by atoms with Gasteiger partial charge in [0.1, 0.15) is 5.01 Å². The number of guanidine groups is 1. The first kappa shape index (κ1) is 24.3. The van der Waals surface area contributed by atoms with Gasteiger partial charge in [0.2, 0.25) is 0 Å². The highest BCUT2D eigenvalue weighted by Crippen LogP contribution is 2.14. The van der Waals surface area contributed by atoms with Crippen LogP contribution in [0.3, 0.4) is 0 Å². The fourth-order valence-electron chi connectivity index (χ4n) is 3.01. The molecule has 0 radical (unpaired) electrons. The smallest absolute Gasteiger partial charge is 0.191 e. The number of rotatable bonds is 9. The van der Waals surface area contributed by atoms with E-state index in [2.05, 4.69) is 64.8 Å². The first-order valence-electron chi connectivity index (χ1n) is 10.3. The van der Waals surface area contributed by atoms with Crippen LogP contribution in [0, 0.1) is 6.92 Å². The lowest BCUT2D eigenvalue weighted by atomic mass is 10.1. The van der Waals surface area contributed by atoms with Gasteiger partial charge in [0.25, 0.3) is 0 Å². The Morgan fingerprint density at radius 1 is 1.17 bits per heavy atom. The minimum atomic E-state index is 0. The van der Waals surface area contributed by atoms with Gasteiger partial charge in [0.05, 0.1) is 17.9 Å². The van der Waals surface area contributed by atoms with E-state index in [1.165, 1.54) is 10.4 Å². The molecule has 3 rings (SSSR count). The number of halogens is 1. The summed E-state index contributed by atoms with van der Waals surface area (Å²) in [4.78, 5) is 10.4. The molecule has 2 heterocycles. The van der Waals surface area contributed by atoms with Gasteiger partial charge in [0, 0.05) is 30.4 Å². The number of hydrogen-bond acceptors (Lipinski definition) is 4. The second-order valence-electron chi connectivity index (χ2n) is 6.82. The van der Waals surface area contributed by atoms with Gasteiger partial charge >= 0.3 is 0 Å². The molecule has 0 aliphatic rings. The summed E-state index contributed by atoms with van der Waals surface area (Å²) in [6, 6.07) is 10.2. The molecule has 0 saturated carbocycles. The Kier molecular flexibility index (Phi) is 10.3. The standard InChI is InChI=1S/C22H30N6S.HI/c1-4-20-14-25-21(29-20)15-26-22(23-5-2)24-13-9-10-18-16-28(27-17(18)3)19-11-7-6-8-12-19;/h6-8,11-12,14,16H,4-5,9-10,13,15H2,1-3H3,(H2,23,24,26);1H. The van der Waals surface area contributed by atoms with E-state index in [0.717, 1.165) is 54.7 Å². The van der Waals surface area contributed by atoms with Gasteiger partial charge in [-0.1, -0.05) is 25.1 Å². The number of nitrogens with one attached hydrogen (secondary N) is 2. The van der Waals surface area contributed by atoms with Crippen LogP contribution in [0.5, 0.6) is 0 Å². The van der Waals surface area contributed by atoms with E-state index >= 15 is 0 Å². The Labute approximate surface area is 200 Å². The molecule has 3 aromatic rings. The lowest BCUT2D eigenvalue weighted by molar-refractivity contribution is 0.741. The molecule has 0 aliphatic carbocycles. The molecule has 0 aliphatic heterocycles. The zero-order chi connectivity index (χ0) is 20.5. The molecular weight excluding hydrogens is 507 g/mol. The molecule has 0 fully saturated rings. The highest BCUT2D eigenvalue weighted by molar-refractivity contribution is 14.0. The van der Waals surface area contributed by atoms with Crippen molar-refractivity contribution >= 4 is 41.3 Å². The van der Waals surface area contributed by atoms with Gasteiger partial charge in [-0.05, 0) is 50.8 Å². The van der Waals surface area contributed by atoms with Gasteiger partial charge in [-0.25, -0.2) is 14.7 Å². The Balaban J connectivity index is 0.00000320. The molecule has 0 unspecified atom stereocenters. The van der Waals surface area contributed by atoms with E-state index in [1.54, 1.807) is 11.3 Å². The van der Waals surface area contributed by atoms with E-state index in [1.807, 2.05) is 29.1 Å². The minimum absolute atomic E-state index is 0. The molecule has 0 amide bonds. The highest BCUT2D eigenvalue weighted by atomic mass is 127. The molecule has 30 heavy (non-hydrogen) atoms. The van der Waals surface area contributed by atoms with Gasteiger partial charge in [-0.15, -0.1) is 35.3 Å². The summed E-state index contributed by atoms with van der Waals surface area (Å²) in [6.45, 7) is 8.62. The third kappa shape index (κ3) is 7.09. The van der Waals surface area contributed by atoms with Crippen molar-refractivity contribution in [2.45, 2.75) is 46.6 Å². The van der Waals surface area contributed by atoms with Crippen LogP contribution in [-0.4, -0.2) is 33.8 Å². The molecule has 162 valence electrons. The average Bonchev–Trinajstić information content (AvgIpc) is 3.36. The molecule has 0 saturated heterocycles. The minimum Gasteiger partial charge on any atom is -0.357 e. The number of para-hydroxylation sites is 1. The van der Waals surface area contributed by atoms with Crippen molar-refractivity contribution in [3.63, 3.8) is 0 Å². The number of benzene rings is 1. The van der Waals surface area contributed by atoms with Crippen molar-refractivity contribution in [3.8, 4) is 5.69 Å². The first-order valence-corrected chi connectivity index (χ1v) is 11.1. The third-order valence-electron chi connectivity index (χ3n) is 4.60. The Bertz CT molecular complexity index is 919. The SMILES string of the molecule is CCNC(=NCc1ncc(CC)s1)NCCCc1cn(-c2ccccc2)nc1C.I. The Morgan fingerprint density at radius 2 is 1.97 bits per heavy atom. The van der Waals surface area contributed by atoms with Gasteiger partial charge in [0.15, 0.2) is 5.96 Å². The summed E-state index contributed by atoms with van der Waals surface area (Å²) in [5.74, 6) is 0.845. The predicted octanol–water partition coefficient (Wildman–Crippen LogP) is 4.51. The molecule has 0 spiro atoms. The number of aryl methyl sites for hydroxylation is 3. The Hall–Kier alpha value is -1.94. The molecule has 0 atom stereocenters. The summed E-state index contributed by atoms with van der Waals surface area (Å²) in [6.07, 6.45) is 7.12. The monoisotopic (exact) mass is 538 g/mol. The van der Waals surface area contributed by atoms with Gasteiger partial charge < -0.3 is 10.6 Å². The summed E-state index contributed by atoms with van der Waals surface area (Å²) in [5.41, 5.74) is 3.47. The fourth-order valence-corrected chi connectivity index (χ4v) is 3.80. The molecule has 2 N–H and O–H groups in total. The van der Waals surface area contributed by atoms with Crippen LogP contribution in [0.4, 0.5) is 0 Å². The van der Waals surface area contributed by atoms with Crippen molar-refractivity contribution in [2.75, 3.05) is 13.1 Å². The number of hydrogen-bond donors (Lipinski definition) is 2. The van der Waals surface area contributed by atoms with E-state index in [0.29, 0.717) is 6.54 Å². The molecule has 0 bridgehead atoms. The van der Waals surface area contributed by atoms with Crippen molar-refractivity contribution in [1.82, 2.24) is 25.4 Å². The molecular formula is C22H31IN6S. The van der Waals surface area contributed by atoms with Crippen LogP contribution in [0.15, 0.2) is 47.7 Å². The van der Waals surface area contributed by atoms with E-state index in [-0.39, 0.29) is 24.0 Å². The summed E-state index contributed by atoms with van der Waals surface area (Å²) in [7, 11) is 0. The predicted molar refractivity (Wildman–Crippen MR) is 136 cm³/mol. The zero-order valence-electron chi connectivity index (χ0n) is 17.9. The maximum Gasteiger partial charge on any atom is 0.191 e. The maximum absolute atomic E-state index is 4.66. The van der Waals surface area contributed by atoms with E-state index in [4.69, 9.17) is 0 Å². The normalized spacial score (nSPS) is 11.2. The first-order chi connectivity index (χ1) is 14.2. The maximum atomic E-state index is 4.66. The van der Waals surface area contributed by atoms with Crippen molar-refractivity contribution < 1.29 is 0 Å². The van der Waals surface area contributed by atoms with Crippen molar-refractivity contribution in [1.29, 1.82) is 0 Å². The fraction of sp³-hybridized carbons (Fsp3) is 0.409. The summed E-state index contributed by atoms with van der Waals surface area (Å²) < 4.78 is 1.96. The molecule has 8 heteroatoms. The lowest BCUT2D eigenvalue weighted by Crippen LogP contribution is -2.37. The van der Waals surface area contributed by atoms with Crippen molar-refractivity contribution in [2.24, 2.45) is 4.99 Å². The average molecular weight is 539 g/mol. The van der Waals surface area contributed by atoms with Crippen LogP contribution in [0.2, 0.25) is 0 Å². The molecule has 6 nitrogen and oxygen atoms in total. The van der Waals surface area contributed by atoms with Crippen LogP contribution in [0.1, 0.15) is 41.4 Å². The third-order valence-corrected chi connectivity index (χ3v) is 5.73. The van der Waals surface area contributed by atoms with Crippen LogP contribution in [0.25, 0.3) is 5.69 Å². The molecule has 2 aromatic heterocycles. The quantitative estimate of drug-likeness (QED) is 0.182. The van der Waals surface area contributed by atoms with Crippen LogP contribution >= 0.6 is 35.3 Å². The summed E-state index contributed by atoms with van der Waals surface area (Å²) >= 11 is 1.74. The van der Waals surface area contributed by atoms with E-state index < -0.39 is 0 Å². The second kappa shape index (κ2) is 12.7. The van der Waals surface area contributed by atoms with Crippen LogP contribution in [-0.2, 0) is 19.4 Å². The highest BCUT2D eigenvalue weighted by Gasteiger charge is 2.07. The van der Waals surface area contributed by atoms with Crippen LogP contribution < -0.4 is 10.6 Å². The molecule has 1 aromatic carbocycles. The number of thiazole rings is 1. The topological polar surface area (TPSA) is 67.1 Å². The summed E-state index contributed by atoms with van der Waals surface area (Å²) in [5, 5.41) is 12.4. The van der Waals surface area contributed by atoms with E-state index in [9.17, 15) is 0 Å². The second-order valence-corrected chi connectivity index (χ2v) is 8.02. The Morgan fingerprint density at radius 3 is 2.67 bits per heavy atom. The van der Waals surface area contributed by atoms with Gasteiger partial charge in [-0.3, -0.25) is 0 Å². The van der Waals surface area contributed by atoms with Gasteiger partial charge in [-0.2, -0.15) is 5.10 Å². The number of aromatic nitrogens is 3.